The summed E-state index contributed by atoms with van der Waals surface area (Å²) in [4.78, 5) is 13.8. The Morgan fingerprint density at radius 3 is 3.20 bits per heavy atom. The molecule has 1 unspecified atom stereocenters. The number of methoxy groups -OCH3 is 1. The maximum Gasteiger partial charge on any atom is 0.248 e. The first-order valence-corrected chi connectivity index (χ1v) is 6.86. The summed E-state index contributed by atoms with van der Waals surface area (Å²) in [5.74, 6) is 1.23. The van der Waals surface area contributed by atoms with E-state index < -0.39 is 0 Å². The molecule has 1 amide bonds. The molecule has 20 heavy (non-hydrogen) atoms. The van der Waals surface area contributed by atoms with Crippen LogP contribution in [0.25, 0.3) is 5.65 Å². The van der Waals surface area contributed by atoms with Crippen LogP contribution < -0.4 is 0 Å². The van der Waals surface area contributed by atoms with Crippen LogP contribution in [-0.4, -0.2) is 52.2 Å². The third-order valence-corrected chi connectivity index (χ3v) is 3.75. The van der Waals surface area contributed by atoms with Crippen molar-refractivity contribution in [3.8, 4) is 0 Å². The smallest absolute Gasteiger partial charge is 0.248 e. The highest BCUT2D eigenvalue weighted by atomic mass is 16.5. The summed E-state index contributed by atoms with van der Waals surface area (Å²) in [6, 6.07) is 5.85. The maximum absolute atomic E-state index is 11.9. The van der Waals surface area contributed by atoms with Gasteiger partial charge in [0.25, 0.3) is 0 Å². The van der Waals surface area contributed by atoms with E-state index in [1.807, 2.05) is 33.7 Å². The SMILES string of the molecule is COCC(=O)N1CCCC(c2nnc3ccccn23)C1. The molecule has 0 saturated carbocycles. The highest BCUT2D eigenvalue weighted by Crippen LogP contribution is 2.26. The standard InChI is InChI=1S/C14H18N4O2/c1-20-10-13(19)17-7-4-5-11(9-17)14-16-15-12-6-2-3-8-18(12)14/h2-3,6,8,11H,4-5,7,9-10H2,1H3. The number of amides is 1. The summed E-state index contributed by atoms with van der Waals surface area (Å²) < 4.78 is 6.94. The van der Waals surface area contributed by atoms with Gasteiger partial charge < -0.3 is 9.64 Å². The van der Waals surface area contributed by atoms with Crippen molar-refractivity contribution in [1.82, 2.24) is 19.5 Å². The highest BCUT2D eigenvalue weighted by molar-refractivity contribution is 5.77. The first-order valence-electron chi connectivity index (χ1n) is 6.86. The average Bonchev–Trinajstić information content (AvgIpc) is 2.91. The lowest BCUT2D eigenvalue weighted by atomic mass is 9.97. The Morgan fingerprint density at radius 1 is 1.45 bits per heavy atom. The predicted octanol–water partition coefficient (Wildman–Crippen LogP) is 1.08. The second-order valence-corrected chi connectivity index (χ2v) is 5.10. The number of carbonyl (C=O) groups excluding carboxylic acids is 1. The number of carbonyl (C=O) groups is 1. The molecule has 1 aliphatic rings. The molecular weight excluding hydrogens is 256 g/mol. The van der Waals surface area contributed by atoms with Gasteiger partial charge in [-0.2, -0.15) is 0 Å². The largest absolute Gasteiger partial charge is 0.375 e. The number of pyridine rings is 1. The number of hydrogen-bond acceptors (Lipinski definition) is 4. The third kappa shape index (κ3) is 2.38. The summed E-state index contributed by atoms with van der Waals surface area (Å²) >= 11 is 0. The molecule has 1 fully saturated rings. The van der Waals surface area contributed by atoms with E-state index in [-0.39, 0.29) is 18.4 Å². The second kappa shape index (κ2) is 5.58. The van der Waals surface area contributed by atoms with Gasteiger partial charge in [0.05, 0.1) is 0 Å². The molecule has 0 aliphatic carbocycles. The summed E-state index contributed by atoms with van der Waals surface area (Å²) in [7, 11) is 1.55. The number of piperidine rings is 1. The van der Waals surface area contributed by atoms with Crippen LogP contribution in [0.3, 0.4) is 0 Å². The van der Waals surface area contributed by atoms with Crippen molar-refractivity contribution in [3.05, 3.63) is 30.2 Å². The van der Waals surface area contributed by atoms with E-state index in [0.717, 1.165) is 30.9 Å². The first-order chi connectivity index (χ1) is 9.79. The molecule has 3 heterocycles. The topological polar surface area (TPSA) is 59.7 Å². The van der Waals surface area contributed by atoms with Gasteiger partial charge in [-0.15, -0.1) is 10.2 Å². The Bertz CT molecular complexity index is 610. The number of aromatic nitrogens is 3. The Kier molecular flexibility index (Phi) is 3.64. The van der Waals surface area contributed by atoms with Crippen molar-refractivity contribution in [2.75, 3.05) is 26.8 Å². The van der Waals surface area contributed by atoms with Gasteiger partial charge in [0.1, 0.15) is 12.4 Å². The van der Waals surface area contributed by atoms with Gasteiger partial charge >= 0.3 is 0 Å². The molecule has 0 N–H and O–H groups in total. The van der Waals surface area contributed by atoms with E-state index >= 15 is 0 Å². The molecule has 0 spiro atoms. The number of hydrogen-bond donors (Lipinski definition) is 0. The molecule has 2 aromatic heterocycles. The van der Waals surface area contributed by atoms with Crippen LogP contribution in [0.4, 0.5) is 0 Å². The zero-order chi connectivity index (χ0) is 13.9. The minimum atomic E-state index is 0.0472. The lowest BCUT2D eigenvalue weighted by molar-refractivity contribution is -0.136. The number of ether oxygens (including phenoxy) is 1. The number of rotatable bonds is 3. The Hall–Kier alpha value is -1.95. The molecule has 0 bridgehead atoms. The number of likely N-dealkylation sites (tertiary alicyclic amines) is 1. The summed E-state index contributed by atoms with van der Waals surface area (Å²) in [5.41, 5.74) is 0.850. The summed E-state index contributed by atoms with van der Waals surface area (Å²) in [5, 5.41) is 8.49. The van der Waals surface area contributed by atoms with Gasteiger partial charge in [0, 0.05) is 32.3 Å². The minimum Gasteiger partial charge on any atom is -0.375 e. The van der Waals surface area contributed by atoms with Crippen LogP contribution in [0.2, 0.25) is 0 Å². The van der Waals surface area contributed by atoms with Crippen LogP contribution in [0.1, 0.15) is 24.6 Å². The highest BCUT2D eigenvalue weighted by Gasteiger charge is 2.27. The van der Waals surface area contributed by atoms with Gasteiger partial charge in [-0.25, -0.2) is 0 Å². The fraction of sp³-hybridized carbons (Fsp3) is 0.500. The van der Waals surface area contributed by atoms with Crippen LogP contribution in [0.5, 0.6) is 0 Å². The van der Waals surface area contributed by atoms with Gasteiger partial charge in [0.15, 0.2) is 5.65 Å². The van der Waals surface area contributed by atoms with E-state index in [1.54, 1.807) is 7.11 Å². The van der Waals surface area contributed by atoms with Crippen molar-refractivity contribution in [3.63, 3.8) is 0 Å². The second-order valence-electron chi connectivity index (χ2n) is 5.10. The molecular formula is C14H18N4O2. The first kappa shape index (κ1) is 13.1. The van der Waals surface area contributed by atoms with Crippen molar-refractivity contribution in [2.24, 2.45) is 0 Å². The van der Waals surface area contributed by atoms with E-state index in [2.05, 4.69) is 10.2 Å². The van der Waals surface area contributed by atoms with Gasteiger partial charge in [-0.3, -0.25) is 9.20 Å². The van der Waals surface area contributed by atoms with Crippen molar-refractivity contribution >= 4 is 11.6 Å². The molecule has 1 saturated heterocycles. The zero-order valence-corrected chi connectivity index (χ0v) is 11.5. The van der Waals surface area contributed by atoms with Gasteiger partial charge in [-0.1, -0.05) is 6.07 Å². The van der Waals surface area contributed by atoms with Crippen LogP contribution in [0, 0.1) is 0 Å². The van der Waals surface area contributed by atoms with Crippen molar-refractivity contribution < 1.29 is 9.53 Å². The van der Waals surface area contributed by atoms with E-state index in [9.17, 15) is 4.79 Å². The Labute approximate surface area is 117 Å². The van der Waals surface area contributed by atoms with Gasteiger partial charge in [-0.05, 0) is 25.0 Å². The minimum absolute atomic E-state index is 0.0472. The fourth-order valence-electron chi connectivity index (χ4n) is 2.77. The number of nitrogens with zero attached hydrogens (tertiary/aromatic N) is 4. The molecule has 106 valence electrons. The van der Waals surface area contributed by atoms with E-state index in [1.165, 1.54) is 0 Å². The van der Waals surface area contributed by atoms with Crippen molar-refractivity contribution in [1.29, 1.82) is 0 Å². The third-order valence-electron chi connectivity index (χ3n) is 3.75. The lowest BCUT2D eigenvalue weighted by Gasteiger charge is -2.31. The van der Waals surface area contributed by atoms with Crippen LogP contribution in [0.15, 0.2) is 24.4 Å². The molecule has 2 aromatic rings. The number of fused-ring (bicyclic) bond motifs is 1. The van der Waals surface area contributed by atoms with Crippen LogP contribution in [-0.2, 0) is 9.53 Å². The molecule has 0 radical (unpaired) electrons. The average molecular weight is 274 g/mol. The molecule has 1 aliphatic heterocycles. The zero-order valence-electron chi connectivity index (χ0n) is 11.5. The molecule has 0 aromatic carbocycles. The quantitative estimate of drug-likeness (QED) is 0.840. The molecule has 6 heteroatoms. The molecule has 3 rings (SSSR count). The van der Waals surface area contributed by atoms with Crippen molar-refractivity contribution in [2.45, 2.75) is 18.8 Å². The summed E-state index contributed by atoms with van der Waals surface area (Å²) in [6.07, 6.45) is 3.99. The maximum atomic E-state index is 11.9. The van der Waals surface area contributed by atoms with E-state index in [4.69, 9.17) is 4.74 Å². The molecule has 6 nitrogen and oxygen atoms in total. The summed E-state index contributed by atoms with van der Waals surface area (Å²) in [6.45, 7) is 1.64. The van der Waals surface area contributed by atoms with Gasteiger partial charge in [0.2, 0.25) is 5.91 Å². The Morgan fingerprint density at radius 2 is 2.35 bits per heavy atom. The normalized spacial score (nSPS) is 19.4. The van der Waals surface area contributed by atoms with E-state index in [0.29, 0.717) is 6.54 Å². The van der Waals surface area contributed by atoms with Crippen LogP contribution >= 0.6 is 0 Å². The lowest BCUT2D eigenvalue weighted by Crippen LogP contribution is -2.41. The monoisotopic (exact) mass is 274 g/mol. The molecule has 1 atom stereocenters. The predicted molar refractivity (Wildman–Crippen MR) is 73.4 cm³/mol. The Balaban J connectivity index is 1.81. The fourth-order valence-corrected chi connectivity index (χ4v) is 2.77.